The van der Waals surface area contributed by atoms with E-state index in [2.05, 4.69) is 6.07 Å². The predicted molar refractivity (Wildman–Crippen MR) is 54.2 cm³/mol. The van der Waals surface area contributed by atoms with Gasteiger partial charge in [0.25, 0.3) is 0 Å². The first kappa shape index (κ1) is 8.52. The minimum Gasteiger partial charge on any atom is -0.398 e. The first-order valence-electron chi connectivity index (χ1n) is 4.35. The number of pyridine rings is 1. The lowest BCUT2D eigenvalue weighted by atomic mass is 10.1. The number of nitrogens with zero attached hydrogens (tertiary/aromatic N) is 2. The molecule has 0 saturated heterocycles. The maximum absolute atomic E-state index is 8.55. The highest BCUT2D eigenvalue weighted by atomic mass is 14.9. The van der Waals surface area contributed by atoms with Gasteiger partial charge in [0.05, 0.1) is 0 Å². The third-order valence-electron chi connectivity index (χ3n) is 2.16. The van der Waals surface area contributed by atoms with E-state index in [9.17, 15) is 0 Å². The molecule has 3 heteroatoms. The zero-order valence-electron chi connectivity index (χ0n) is 7.64. The summed E-state index contributed by atoms with van der Waals surface area (Å²) in [5.41, 5.74) is 6.58. The number of nitrogens with two attached hydrogens (primary N) is 1. The van der Waals surface area contributed by atoms with Crippen molar-refractivity contribution in [2.75, 3.05) is 5.73 Å². The molecule has 14 heavy (non-hydrogen) atoms. The third-order valence-corrected chi connectivity index (χ3v) is 2.16. The summed E-state index contributed by atoms with van der Waals surface area (Å²) >= 11 is 0. The van der Waals surface area contributed by atoms with Crippen LogP contribution in [0.5, 0.6) is 0 Å². The van der Waals surface area contributed by atoms with Gasteiger partial charge in [0.1, 0.15) is 6.07 Å². The first-order chi connectivity index (χ1) is 6.81. The Morgan fingerprint density at radius 1 is 1.36 bits per heavy atom. The molecule has 1 aromatic carbocycles. The largest absolute Gasteiger partial charge is 0.398 e. The zero-order valence-corrected chi connectivity index (χ0v) is 7.64. The van der Waals surface area contributed by atoms with E-state index in [1.807, 2.05) is 41.2 Å². The molecule has 68 valence electrons. The van der Waals surface area contributed by atoms with Gasteiger partial charge in [-0.15, -0.1) is 0 Å². The van der Waals surface area contributed by atoms with Crippen LogP contribution in [0.15, 0.2) is 36.7 Å². The SMILES string of the molecule is N#CC[n+]1ccc2c(N)cccc2c1. The number of rotatable bonds is 1. The maximum atomic E-state index is 8.55. The molecule has 2 aromatic rings. The van der Waals surface area contributed by atoms with Crippen LogP contribution in [0.4, 0.5) is 5.69 Å². The first-order valence-corrected chi connectivity index (χ1v) is 4.35. The normalized spacial score (nSPS) is 9.93. The minimum absolute atomic E-state index is 0.366. The molecule has 0 saturated carbocycles. The van der Waals surface area contributed by atoms with Gasteiger partial charge in [-0.25, -0.2) is 0 Å². The van der Waals surface area contributed by atoms with Gasteiger partial charge < -0.3 is 5.73 Å². The van der Waals surface area contributed by atoms with Crippen molar-refractivity contribution < 1.29 is 4.57 Å². The van der Waals surface area contributed by atoms with Crippen LogP contribution in [-0.4, -0.2) is 0 Å². The lowest BCUT2D eigenvalue weighted by Crippen LogP contribution is -2.31. The van der Waals surface area contributed by atoms with E-state index < -0.39 is 0 Å². The number of nitrogen functional groups attached to an aromatic ring is 1. The van der Waals surface area contributed by atoms with Crippen LogP contribution in [0.25, 0.3) is 10.8 Å². The zero-order chi connectivity index (χ0) is 9.97. The van der Waals surface area contributed by atoms with Crippen LogP contribution >= 0.6 is 0 Å². The average Bonchev–Trinajstić information content (AvgIpc) is 2.18. The maximum Gasteiger partial charge on any atom is 0.233 e. The summed E-state index contributed by atoms with van der Waals surface area (Å²) < 4.78 is 1.84. The van der Waals surface area contributed by atoms with Gasteiger partial charge in [-0.2, -0.15) is 9.83 Å². The van der Waals surface area contributed by atoms with Gasteiger partial charge in [-0.3, -0.25) is 0 Å². The molecule has 0 bridgehead atoms. The molecule has 0 amide bonds. The Hall–Kier alpha value is -2.08. The van der Waals surface area contributed by atoms with Gasteiger partial charge >= 0.3 is 0 Å². The van der Waals surface area contributed by atoms with E-state index in [4.69, 9.17) is 11.0 Å². The van der Waals surface area contributed by atoms with Gasteiger partial charge in [0.15, 0.2) is 12.4 Å². The van der Waals surface area contributed by atoms with E-state index in [0.717, 1.165) is 16.5 Å². The minimum atomic E-state index is 0.366. The number of hydrogen-bond donors (Lipinski definition) is 1. The summed E-state index contributed by atoms with van der Waals surface area (Å²) in [7, 11) is 0. The second kappa shape index (κ2) is 3.35. The highest BCUT2D eigenvalue weighted by molar-refractivity contribution is 5.91. The van der Waals surface area contributed by atoms with Crippen molar-refractivity contribution in [3.05, 3.63) is 36.7 Å². The Labute approximate surface area is 82.0 Å². The fourth-order valence-electron chi connectivity index (χ4n) is 1.48. The number of aromatic nitrogens is 1. The lowest BCUT2D eigenvalue weighted by molar-refractivity contribution is -0.683. The number of fused-ring (bicyclic) bond motifs is 1. The quantitative estimate of drug-likeness (QED) is 0.535. The molecular formula is C11H10N3+. The van der Waals surface area contributed by atoms with Crippen molar-refractivity contribution in [1.82, 2.24) is 0 Å². The number of nitriles is 1. The van der Waals surface area contributed by atoms with Crippen LogP contribution in [0, 0.1) is 11.3 Å². The summed E-state index contributed by atoms with van der Waals surface area (Å²) in [5, 5.41) is 10.6. The van der Waals surface area contributed by atoms with Gasteiger partial charge in [0.2, 0.25) is 6.54 Å². The number of benzene rings is 1. The smallest absolute Gasteiger partial charge is 0.233 e. The highest BCUT2D eigenvalue weighted by Crippen LogP contribution is 2.17. The molecule has 2 N–H and O–H groups in total. The summed E-state index contributed by atoms with van der Waals surface area (Å²) in [6.07, 6.45) is 3.79. The summed E-state index contributed by atoms with van der Waals surface area (Å²) in [4.78, 5) is 0. The monoisotopic (exact) mass is 184 g/mol. The number of hydrogen-bond acceptors (Lipinski definition) is 2. The fraction of sp³-hybridized carbons (Fsp3) is 0.0909. The molecule has 0 unspecified atom stereocenters. The summed E-state index contributed by atoms with van der Waals surface area (Å²) in [6.45, 7) is 0.366. The Morgan fingerprint density at radius 2 is 2.21 bits per heavy atom. The Kier molecular flexibility index (Phi) is 2.04. The van der Waals surface area contributed by atoms with Crippen molar-refractivity contribution in [2.45, 2.75) is 6.54 Å². The summed E-state index contributed by atoms with van der Waals surface area (Å²) in [5.74, 6) is 0. The van der Waals surface area contributed by atoms with Crippen molar-refractivity contribution in [3.8, 4) is 6.07 Å². The highest BCUT2D eigenvalue weighted by Gasteiger charge is 2.03. The predicted octanol–water partition coefficient (Wildman–Crippen LogP) is 1.23. The topological polar surface area (TPSA) is 53.7 Å². The molecule has 1 aromatic heterocycles. The van der Waals surface area contributed by atoms with E-state index in [-0.39, 0.29) is 0 Å². The van der Waals surface area contributed by atoms with Crippen LogP contribution in [0.2, 0.25) is 0 Å². The van der Waals surface area contributed by atoms with Crippen LogP contribution in [0.3, 0.4) is 0 Å². The van der Waals surface area contributed by atoms with Gasteiger partial charge in [0, 0.05) is 22.5 Å². The Bertz CT molecular complexity index is 511. The molecule has 0 atom stereocenters. The molecule has 1 heterocycles. The molecule has 0 aliphatic carbocycles. The molecular weight excluding hydrogens is 174 g/mol. The third kappa shape index (κ3) is 1.38. The number of anilines is 1. The van der Waals surface area contributed by atoms with E-state index in [1.165, 1.54) is 0 Å². The van der Waals surface area contributed by atoms with Crippen LogP contribution in [0.1, 0.15) is 0 Å². The van der Waals surface area contributed by atoms with Crippen molar-refractivity contribution in [3.63, 3.8) is 0 Å². The standard InChI is InChI=1S/C11H10N3/c12-5-7-14-6-4-10-9(8-14)2-1-3-11(10)13/h1-4,6,8H,7,13H2/q+1. The van der Waals surface area contributed by atoms with Crippen molar-refractivity contribution in [1.29, 1.82) is 5.26 Å². The molecule has 0 aliphatic rings. The molecule has 0 fully saturated rings. The Morgan fingerprint density at radius 3 is 3.00 bits per heavy atom. The van der Waals surface area contributed by atoms with Gasteiger partial charge in [-0.1, -0.05) is 6.07 Å². The molecule has 0 spiro atoms. The molecule has 0 radical (unpaired) electrons. The van der Waals surface area contributed by atoms with E-state index >= 15 is 0 Å². The molecule has 2 rings (SSSR count). The lowest BCUT2D eigenvalue weighted by Gasteiger charge is -1.99. The molecule has 3 nitrogen and oxygen atoms in total. The van der Waals surface area contributed by atoms with Crippen molar-refractivity contribution in [2.24, 2.45) is 0 Å². The average molecular weight is 184 g/mol. The second-order valence-electron chi connectivity index (χ2n) is 3.13. The van der Waals surface area contributed by atoms with Gasteiger partial charge in [-0.05, 0) is 12.1 Å². The fourth-order valence-corrected chi connectivity index (χ4v) is 1.48. The van der Waals surface area contributed by atoms with Crippen molar-refractivity contribution >= 4 is 16.5 Å². The molecule has 0 aliphatic heterocycles. The summed E-state index contributed by atoms with van der Waals surface area (Å²) in [6, 6.07) is 9.80. The van der Waals surface area contributed by atoms with E-state index in [1.54, 1.807) is 0 Å². The van der Waals surface area contributed by atoms with E-state index in [0.29, 0.717) is 6.54 Å². The van der Waals surface area contributed by atoms with Crippen LogP contribution in [-0.2, 0) is 6.54 Å². The Balaban J connectivity index is 2.63. The van der Waals surface area contributed by atoms with Crippen LogP contribution < -0.4 is 10.3 Å². The second-order valence-corrected chi connectivity index (χ2v) is 3.13.